The molecule has 27 heavy (non-hydrogen) atoms. The highest BCUT2D eigenvalue weighted by molar-refractivity contribution is 5.88. The van der Waals surface area contributed by atoms with Crippen molar-refractivity contribution < 1.29 is 4.79 Å². The van der Waals surface area contributed by atoms with Crippen molar-refractivity contribution in [2.24, 2.45) is 7.05 Å². The van der Waals surface area contributed by atoms with Gasteiger partial charge in [0.2, 0.25) is 0 Å². The number of carbonyl (C=O) groups is 1. The number of benzene rings is 1. The molecule has 0 fully saturated rings. The average Bonchev–Trinajstić information content (AvgIpc) is 3.19. The number of H-pyrrole nitrogens is 1. The summed E-state index contributed by atoms with van der Waals surface area (Å²) in [7, 11) is 3.63. The molecule has 0 aliphatic heterocycles. The van der Waals surface area contributed by atoms with Gasteiger partial charge in [-0.15, -0.1) is 0 Å². The SMILES string of the molecule is Cc1n[nH]c(C)c1CCCN(C)C(=O)Nc1cc(-c2ccccc2)nn1C. The molecule has 0 saturated heterocycles. The van der Waals surface area contributed by atoms with E-state index in [0.29, 0.717) is 12.4 Å². The van der Waals surface area contributed by atoms with Crippen LogP contribution >= 0.6 is 0 Å². The molecule has 2 amide bonds. The maximum atomic E-state index is 12.5. The van der Waals surface area contributed by atoms with Crippen LogP contribution in [0.5, 0.6) is 0 Å². The van der Waals surface area contributed by atoms with Gasteiger partial charge in [-0.1, -0.05) is 30.3 Å². The summed E-state index contributed by atoms with van der Waals surface area (Å²) in [5.41, 5.74) is 5.23. The Hall–Kier alpha value is -3.09. The Balaban J connectivity index is 1.56. The van der Waals surface area contributed by atoms with Crippen molar-refractivity contribution >= 4 is 11.8 Å². The number of hydrogen-bond acceptors (Lipinski definition) is 3. The normalized spacial score (nSPS) is 10.8. The molecule has 7 heteroatoms. The molecule has 2 heterocycles. The third kappa shape index (κ3) is 4.36. The van der Waals surface area contributed by atoms with Crippen LogP contribution in [-0.4, -0.2) is 44.5 Å². The minimum absolute atomic E-state index is 0.141. The molecular formula is C20H26N6O. The van der Waals surface area contributed by atoms with Gasteiger partial charge in [-0.2, -0.15) is 10.2 Å². The van der Waals surface area contributed by atoms with Crippen LogP contribution in [0.25, 0.3) is 11.3 Å². The first-order chi connectivity index (χ1) is 13.0. The van der Waals surface area contributed by atoms with Gasteiger partial charge in [0.25, 0.3) is 0 Å². The van der Waals surface area contributed by atoms with Gasteiger partial charge in [-0.05, 0) is 32.3 Å². The first-order valence-corrected chi connectivity index (χ1v) is 9.07. The lowest BCUT2D eigenvalue weighted by Gasteiger charge is -2.17. The molecule has 2 aromatic heterocycles. The lowest BCUT2D eigenvalue weighted by Crippen LogP contribution is -2.33. The molecule has 0 aliphatic carbocycles. The summed E-state index contributed by atoms with van der Waals surface area (Å²) >= 11 is 0. The Morgan fingerprint density at radius 2 is 2.00 bits per heavy atom. The molecule has 0 radical (unpaired) electrons. The lowest BCUT2D eigenvalue weighted by molar-refractivity contribution is 0.221. The van der Waals surface area contributed by atoms with Gasteiger partial charge < -0.3 is 4.90 Å². The van der Waals surface area contributed by atoms with Crippen LogP contribution < -0.4 is 5.32 Å². The van der Waals surface area contributed by atoms with Gasteiger partial charge in [-0.25, -0.2) is 4.79 Å². The molecule has 0 unspecified atom stereocenters. The smallest absolute Gasteiger partial charge is 0.322 e. The standard InChI is InChI=1S/C20H26N6O/c1-14-17(15(2)23-22-14)11-8-12-25(3)20(27)21-19-13-18(24-26(19)4)16-9-6-5-7-10-16/h5-7,9-10,13H,8,11-12H2,1-4H3,(H,21,27)(H,22,23). The molecule has 7 nitrogen and oxygen atoms in total. The highest BCUT2D eigenvalue weighted by Crippen LogP contribution is 2.21. The van der Waals surface area contributed by atoms with E-state index in [-0.39, 0.29) is 6.03 Å². The van der Waals surface area contributed by atoms with E-state index in [9.17, 15) is 4.79 Å². The fourth-order valence-electron chi connectivity index (χ4n) is 3.08. The Labute approximate surface area is 159 Å². The van der Waals surface area contributed by atoms with Crippen LogP contribution in [0.15, 0.2) is 36.4 Å². The summed E-state index contributed by atoms with van der Waals surface area (Å²) in [5.74, 6) is 0.673. The highest BCUT2D eigenvalue weighted by atomic mass is 16.2. The predicted octanol–water partition coefficient (Wildman–Crippen LogP) is 3.52. The van der Waals surface area contributed by atoms with Crippen LogP contribution in [0.4, 0.5) is 10.6 Å². The minimum Gasteiger partial charge on any atom is -0.328 e. The van der Waals surface area contributed by atoms with Gasteiger partial charge in [0.15, 0.2) is 0 Å². The molecule has 0 saturated carbocycles. The number of carbonyl (C=O) groups excluding carboxylic acids is 1. The maximum absolute atomic E-state index is 12.5. The van der Waals surface area contributed by atoms with E-state index in [1.165, 1.54) is 5.56 Å². The summed E-state index contributed by atoms with van der Waals surface area (Å²) in [4.78, 5) is 14.2. The van der Waals surface area contributed by atoms with Gasteiger partial charge in [-0.3, -0.25) is 15.1 Å². The van der Waals surface area contributed by atoms with E-state index >= 15 is 0 Å². The predicted molar refractivity (Wildman–Crippen MR) is 107 cm³/mol. The molecule has 0 spiro atoms. The fourth-order valence-corrected chi connectivity index (χ4v) is 3.08. The van der Waals surface area contributed by atoms with Crippen LogP contribution in [0.1, 0.15) is 23.4 Å². The van der Waals surface area contributed by atoms with Crippen molar-refractivity contribution in [3.63, 3.8) is 0 Å². The maximum Gasteiger partial charge on any atom is 0.322 e. The second-order valence-corrected chi connectivity index (χ2v) is 6.77. The second-order valence-electron chi connectivity index (χ2n) is 6.77. The van der Waals surface area contributed by atoms with Crippen molar-refractivity contribution in [1.29, 1.82) is 0 Å². The van der Waals surface area contributed by atoms with E-state index < -0.39 is 0 Å². The summed E-state index contributed by atoms with van der Waals surface area (Å²) < 4.78 is 1.69. The Kier molecular flexibility index (Phi) is 5.59. The zero-order chi connectivity index (χ0) is 19.4. The number of hydrogen-bond donors (Lipinski definition) is 2. The molecule has 0 bridgehead atoms. The fraction of sp³-hybridized carbons (Fsp3) is 0.350. The third-order valence-electron chi connectivity index (χ3n) is 4.73. The summed E-state index contributed by atoms with van der Waals surface area (Å²) in [6, 6.07) is 11.7. The van der Waals surface area contributed by atoms with E-state index in [2.05, 4.69) is 20.6 Å². The topological polar surface area (TPSA) is 78.8 Å². The van der Waals surface area contributed by atoms with Crippen LogP contribution in [0.2, 0.25) is 0 Å². The quantitative estimate of drug-likeness (QED) is 0.700. The van der Waals surface area contributed by atoms with Gasteiger partial charge in [0, 0.05) is 38.0 Å². The first kappa shape index (κ1) is 18.7. The van der Waals surface area contributed by atoms with Crippen molar-refractivity contribution in [3.05, 3.63) is 53.3 Å². The van der Waals surface area contributed by atoms with Gasteiger partial charge in [0.1, 0.15) is 5.82 Å². The number of aryl methyl sites for hydroxylation is 3. The molecule has 3 rings (SSSR count). The molecule has 3 aromatic rings. The number of anilines is 1. The molecule has 142 valence electrons. The highest BCUT2D eigenvalue weighted by Gasteiger charge is 2.14. The van der Waals surface area contributed by atoms with Crippen molar-refractivity contribution in [3.8, 4) is 11.3 Å². The number of urea groups is 1. The van der Waals surface area contributed by atoms with Crippen LogP contribution in [0, 0.1) is 13.8 Å². The molecule has 0 aliphatic rings. The number of aromatic nitrogens is 4. The number of nitrogens with one attached hydrogen (secondary N) is 2. The van der Waals surface area contributed by atoms with Crippen molar-refractivity contribution in [1.82, 2.24) is 24.9 Å². The largest absolute Gasteiger partial charge is 0.328 e. The van der Waals surface area contributed by atoms with Crippen LogP contribution in [-0.2, 0) is 13.5 Å². The molecule has 0 atom stereocenters. The first-order valence-electron chi connectivity index (χ1n) is 9.07. The van der Waals surface area contributed by atoms with Crippen molar-refractivity contribution in [2.75, 3.05) is 18.9 Å². The number of rotatable bonds is 6. The minimum atomic E-state index is -0.141. The Bertz CT molecular complexity index is 892. The number of nitrogens with zero attached hydrogens (tertiary/aromatic N) is 4. The third-order valence-corrected chi connectivity index (χ3v) is 4.73. The summed E-state index contributed by atoms with van der Waals surface area (Å²) in [5, 5.41) is 14.6. The van der Waals surface area contributed by atoms with Crippen molar-refractivity contribution in [2.45, 2.75) is 26.7 Å². The van der Waals surface area contributed by atoms with Gasteiger partial charge >= 0.3 is 6.03 Å². The zero-order valence-corrected chi connectivity index (χ0v) is 16.3. The van der Waals surface area contributed by atoms with Crippen LogP contribution in [0.3, 0.4) is 0 Å². The summed E-state index contributed by atoms with van der Waals surface area (Å²) in [6.45, 7) is 4.69. The molecule has 2 N–H and O–H groups in total. The average molecular weight is 366 g/mol. The number of aromatic amines is 1. The Morgan fingerprint density at radius 3 is 2.67 bits per heavy atom. The van der Waals surface area contributed by atoms with Gasteiger partial charge in [0.05, 0.1) is 11.4 Å². The number of amides is 2. The Morgan fingerprint density at radius 1 is 1.26 bits per heavy atom. The van der Waals surface area contributed by atoms with E-state index in [0.717, 1.165) is 35.5 Å². The second kappa shape index (κ2) is 8.07. The molecule has 1 aromatic carbocycles. The van der Waals surface area contributed by atoms with E-state index in [1.54, 1.807) is 16.6 Å². The summed E-state index contributed by atoms with van der Waals surface area (Å²) in [6.07, 6.45) is 1.78. The zero-order valence-electron chi connectivity index (χ0n) is 16.3. The molecular weight excluding hydrogens is 340 g/mol. The monoisotopic (exact) mass is 366 g/mol. The lowest BCUT2D eigenvalue weighted by atomic mass is 10.1. The van der Waals surface area contributed by atoms with E-state index in [4.69, 9.17) is 0 Å². The van der Waals surface area contributed by atoms with E-state index in [1.807, 2.05) is 57.3 Å².